The number of methoxy groups -OCH3 is 1. The number of ether oxygens (including phenoxy) is 1. The molecule has 0 aliphatic carbocycles. The Hall–Kier alpha value is -3.58. The maximum atomic E-state index is 13.2. The molecule has 4 rings (SSSR count). The Morgan fingerprint density at radius 2 is 1.72 bits per heavy atom. The molecular formula is C25H27N3O4. The van der Waals surface area contributed by atoms with Crippen LogP contribution in [0, 0.1) is 0 Å². The molecule has 32 heavy (non-hydrogen) atoms. The van der Waals surface area contributed by atoms with Gasteiger partial charge in [0.05, 0.1) is 13.4 Å². The number of amides is 2. The van der Waals surface area contributed by atoms with Crippen molar-refractivity contribution in [1.29, 1.82) is 0 Å². The van der Waals surface area contributed by atoms with E-state index < -0.39 is 6.04 Å². The third-order valence-electron chi connectivity index (χ3n) is 5.67. The maximum absolute atomic E-state index is 13.2. The molecule has 1 saturated heterocycles. The molecule has 0 unspecified atom stereocenters. The largest absolute Gasteiger partial charge is 0.497 e. The Bertz CT molecular complexity index is 1010. The van der Waals surface area contributed by atoms with Crippen LogP contribution in [0.3, 0.4) is 0 Å². The molecule has 2 heterocycles. The van der Waals surface area contributed by atoms with Gasteiger partial charge < -0.3 is 19.4 Å². The molecule has 2 amide bonds. The van der Waals surface area contributed by atoms with Gasteiger partial charge in [0.15, 0.2) is 5.76 Å². The van der Waals surface area contributed by atoms with Crippen molar-refractivity contribution in [1.82, 2.24) is 10.2 Å². The fraction of sp³-hybridized carbons (Fsp3) is 0.280. The number of nitrogens with zero attached hydrogens (tertiary/aromatic N) is 1. The average Bonchev–Trinajstić information content (AvgIpc) is 3.38. The number of hydrogen-bond acceptors (Lipinski definition) is 5. The van der Waals surface area contributed by atoms with E-state index in [1.807, 2.05) is 54.6 Å². The third-order valence-corrected chi connectivity index (χ3v) is 5.67. The molecule has 1 aliphatic rings. The monoisotopic (exact) mass is 433 g/mol. The highest BCUT2D eigenvalue weighted by Gasteiger charge is 2.29. The second-order valence-corrected chi connectivity index (χ2v) is 7.77. The van der Waals surface area contributed by atoms with Crippen molar-refractivity contribution < 1.29 is 18.7 Å². The number of benzene rings is 2. The second-order valence-electron chi connectivity index (χ2n) is 7.77. The molecule has 0 bridgehead atoms. The molecule has 7 nitrogen and oxygen atoms in total. The first kappa shape index (κ1) is 21.6. The zero-order chi connectivity index (χ0) is 22.3. The van der Waals surface area contributed by atoms with E-state index in [2.05, 4.69) is 10.6 Å². The van der Waals surface area contributed by atoms with E-state index in [4.69, 9.17) is 9.15 Å². The molecular weight excluding hydrogens is 406 g/mol. The van der Waals surface area contributed by atoms with E-state index in [0.29, 0.717) is 24.5 Å². The van der Waals surface area contributed by atoms with Gasteiger partial charge in [0.25, 0.3) is 5.91 Å². The fourth-order valence-corrected chi connectivity index (χ4v) is 3.90. The van der Waals surface area contributed by atoms with Crippen molar-refractivity contribution in [3.05, 3.63) is 84.3 Å². The molecule has 1 atom stereocenters. The lowest BCUT2D eigenvalue weighted by Crippen LogP contribution is -2.47. The number of rotatable bonds is 7. The summed E-state index contributed by atoms with van der Waals surface area (Å²) < 4.78 is 10.4. The summed E-state index contributed by atoms with van der Waals surface area (Å²) in [5.74, 6) is 0.870. The first-order valence-corrected chi connectivity index (χ1v) is 10.7. The molecule has 1 aromatic heterocycles. The van der Waals surface area contributed by atoms with E-state index in [0.717, 1.165) is 24.2 Å². The maximum Gasteiger partial charge on any atom is 0.289 e. The zero-order valence-corrected chi connectivity index (χ0v) is 18.0. The molecule has 1 aliphatic heterocycles. The zero-order valence-electron chi connectivity index (χ0n) is 18.0. The predicted octanol–water partition coefficient (Wildman–Crippen LogP) is 3.86. The number of hydrogen-bond donors (Lipinski definition) is 2. The second kappa shape index (κ2) is 10.2. The van der Waals surface area contributed by atoms with E-state index in [-0.39, 0.29) is 17.9 Å². The molecule has 2 aromatic carbocycles. The van der Waals surface area contributed by atoms with Crippen molar-refractivity contribution in [2.45, 2.75) is 24.9 Å². The Morgan fingerprint density at radius 1 is 1.00 bits per heavy atom. The van der Waals surface area contributed by atoms with Crippen LogP contribution < -0.4 is 15.4 Å². The minimum absolute atomic E-state index is 0.0923. The number of carbonyl (C=O) groups is 2. The van der Waals surface area contributed by atoms with Gasteiger partial charge in [-0.3, -0.25) is 14.9 Å². The molecule has 3 aromatic rings. The SMILES string of the molecule is COc1ccc(NC(=O)[C@@H](NC2CCN(C(=O)c3ccco3)CC2)c2ccccc2)cc1. The topological polar surface area (TPSA) is 83.8 Å². The normalized spacial score (nSPS) is 15.2. The third kappa shape index (κ3) is 5.18. The van der Waals surface area contributed by atoms with Gasteiger partial charge in [0.2, 0.25) is 5.91 Å². The molecule has 2 N–H and O–H groups in total. The van der Waals surface area contributed by atoms with Crippen molar-refractivity contribution in [3.63, 3.8) is 0 Å². The van der Waals surface area contributed by atoms with Crippen LogP contribution in [0.25, 0.3) is 0 Å². The van der Waals surface area contributed by atoms with Crippen LogP contribution in [0.5, 0.6) is 5.75 Å². The highest BCUT2D eigenvalue weighted by molar-refractivity contribution is 5.95. The van der Waals surface area contributed by atoms with E-state index >= 15 is 0 Å². The van der Waals surface area contributed by atoms with Gasteiger partial charge in [0.1, 0.15) is 11.8 Å². The number of piperidine rings is 1. The summed E-state index contributed by atoms with van der Waals surface area (Å²) in [7, 11) is 1.61. The van der Waals surface area contributed by atoms with Gasteiger partial charge in [-0.2, -0.15) is 0 Å². The van der Waals surface area contributed by atoms with Crippen LogP contribution in [0.15, 0.2) is 77.4 Å². The van der Waals surface area contributed by atoms with E-state index in [9.17, 15) is 9.59 Å². The Kier molecular flexibility index (Phi) is 6.87. The molecule has 7 heteroatoms. The molecule has 0 saturated carbocycles. The van der Waals surface area contributed by atoms with Gasteiger partial charge in [-0.1, -0.05) is 30.3 Å². The van der Waals surface area contributed by atoms with Crippen LogP contribution in [0.2, 0.25) is 0 Å². The van der Waals surface area contributed by atoms with Gasteiger partial charge >= 0.3 is 0 Å². The summed E-state index contributed by atoms with van der Waals surface area (Å²) in [5.41, 5.74) is 1.60. The Labute approximate surface area is 187 Å². The smallest absolute Gasteiger partial charge is 0.289 e. The predicted molar refractivity (Wildman–Crippen MR) is 122 cm³/mol. The summed E-state index contributed by atoms with van der Waals surface area (Å²) in [6.45, 7) is 1.22. The van der Waals surface area contributed by atoms with Crippen molar-refractivity contribution in [2.75, 3.05) is 25.5 Å². The average molecular weight is 434 g/mol. The minimum atomic E-state index is -0.504. The van der Waals surface area contributed by atoms with Crippen LogP contribution >= 0.6 is 0 Å². The fourth-order valence-electron chi connectivity index (χ4n) is 3.90. The highest BCUT2D eigenvalue weighted by Crippen LogP contribution is 2.22. The quantitative estimate of drug-likeness (QED) is 0.591. The highest BCUT2D eigenvalue weighted by atomic mass is 16.5. The molecule has 0 spiro atoms. The van der Waals surface area contributed by atoms with Crippen molar-refractivity contribution in [2.24, 2.45) is 0 Å². The Balaban J connectivity index is 1.41. The minimum Gasteiger partial charge on any atom is -0.497 e. The van der Waals surface area contributed by atoms with E-state index in [1.54, 1.807) is 24.1 Å². The lowest BCUT2D eigenvalue weighted by molar-refractivity contribution is -0.118. The Morgan fingerprint density at radius 3 is 2.34 bits per heavy atom. The van der Waals surface area contributed by atoms with Crippen molar-refractivity contribution >= 4 is 17.5 Å². The molecule has 1 fully saturated rings. The lowest BCUT2D eigenvalue weighted by atomic mass is 10.00. The van der Waals surface area contributed by atoms with Gasteiger partial charge in [0, 0.05) is 24.8 Å². The van der Waals surface area contributed by atoms with Crippen molar-refractivity contribution in [3.8, 4) is 5.75 Å². The molecule has 0 radical (unpaired) electrons. The van der Waals surface area contributed by atoms with Gasteiger partial charge in [-0.05, 0) is 54.8 Å². The summed E-state index contributed by atoms with van der Waals surface area (Å²) in [6, 6.07) is 19.9. The van der Waals surface area contributed by atoms with Crippen LogP contribution in [-0.2, 0) is 4.79 Å². The number of anilines is 1. The number of likely N-dealkylation sites (tertiary alicyclic amines) is 1. The number of furan rings is 1. The molecule has 166 valence electrons. The summed E-state index contributed by atoms with van der Waals surface area (Å²) in [4.78, 5) is 27.5. The lowest BCUT2D eigenvalue weighted by Gasteiger charge is -2.34. The summed E-state index contributed by atoms with van der Waals surface area (Å²) in [5, 5.41) is 6.50. The summed E-state index contributed by atoms with van der Waals surface area (Å²) in [6.07, 6.45) is 3.02. The first-order chi connectivity index (χ1) is 15.6. The van der Waals surface area contributed by atoms with Gasteiger partial charge in [-0.15, -0.1) is 0 Å². The van der Waals surface area contributed by atoms with Gasteiger partial charge in [-0.25, -0.2) is 0 Å². The number of nitrogens with one attached hydrogen (secondary N) is 2. The van der Waals surface area contributed by atoms with Crippen LogP contribution in [-0.4, -0.2) is 43.0 Å². The first-order valence-electron chi connectivity index (χ1n) is 10.7. The van der Waals surface area contributed by atoms with E-state index in [1.165, 1.54) is 6.26 Å². The summed E-state index contributed by atoms with van der Waals surface area (Å²) >= 11 is 0. The van der Waals surface area contributed by atoms with Crippen LogP contribution in [0.4, 0.5) is 5.69 Å². The van der Waals surface area contributed by atoms with Crippen LogP contribution in [0.1, 0.15) is 35.0 Å². The standard InChI is InChI=1S/C25H27N3O4/c1-31-21-11-9-19(10-12-21)27-24(29)23(18-6-3-2-4-7-18)26-20-13-15-28(16-14-20)25(30)22-8-5-17-32-22/h2-12,17,20,23,26H,13-16H2,1H3,(H,27,29)/t23-/m0/s1. The number of carbonyl (C=O) groups excluding carboxylic acids is 2.